The highest BCUT2D eigenvalue weighted by atomic mass is 32.2. The summed E-state index contributed by atoms with van der Waals surface area (Å²) >= 11 is 0. The zero-order valence-corrected chi connectivity index (χ0v) is 11.1. The van der Waals surface area contributed by atoms with E-state index >= 15 is 0 Å². The van der Waals surface area contributed by atoms with Crippen molar-refractivity contribution in [3.8, 4) is 6.07 Å². The van der Waals surface area contributed by atoms with Crippen molar-refractivity contribution in [1.82, 2.24) is 0 Å². The summed E-state index contributed by atoms with van der Waals surface area (Å²) in [4.78, 5) is 2.57. The van der Waals surface area contributed by atoms with E-state index in [0.717, 1.165) is 5.56 Å². The number of nitriles is 1. The predicted molar refractivity (Wildman–Crippen MR) is 69.1 cm³/mol. The van der Waals surface area contributed by atoms with E-state index in [9.17, 15) is 8.42 Å². The molecule has 0 unspecified atom stereocenters. The molecule has 2 rings (SSSR count). The summed E-state index contributed by atoms with van der Waals surface area (Å²) < 4.78 is 25.4. The summed E-state index contributed by atoms with van der Waals surface area (Å²) in [5, 5.41) is 8.67. The molecule has 1 heterocycles. The van der Waals surface area contributed by atoms with Crippen LogP contribution in [-0.4, -0.2) is 8.42 Å². The van der Waals surface area contributed by atoms with Gasteiger partial charge in [0.25, 0.3) is 0 Å². The van der Waals surface area contributed by atoms with Crippen LogP contribution < -0.4 is 9.51 Å². The Hall–Kier alpha value is -2.39. The summed E-state index contributed by atoms with van der Waals surface area (Å²) in [6.45, 7) is 1.89. The number of sulfonamides is 1. The van der Waals surface area contributed by atoms with Crippen LogP contribution in [0.4, 0.5) is 0 Å². The predicted octanol–water partition coefficient (Wildman–Crippen LogP) is 1.09. The molecule has 0 atom stereocenters. The first-order valence-electron chi connectivity index (χ1n) is 5.52. The summed E-state index contributed by atoms with van der Waals surface area (Å²) in [6, 6.07) is 11.6. The molecular weight excluding hydrogens is 262 g/mol. The van der Waals surface area contributed by atoms with Gasteiger partial charge in [-0.2, -0.15) is 13.7 Å². The maximum absolute atomic E-state index is 12.1. The van der Waals surface area contributed by atoms with E-state index in [2.05, 4.69) is 4.83 Å². The quantitative estimate of drug-likeness (QED) is 0.851. The molecule has 1 N–H and O–H groups in total. The summed E-state index contributed by atoms with van der Waals surface area (Å²) in [6.07, 6.45) is 2.95. The summed E-state index contributed by atoms with van der Waals surface area (Å²) in [5.41, 5.74) is 1.45. The van der Waals surface area contributed by atoms with Gasteiger partial charge in [0.05, 0.1) is 16.5 Å². The molecule has 0 spiro atoms. The highest BCUT2D eigenvalue weighted by Crippen LogP contribution is 2.09. The van der Waals surface area contributed by atoms with Crippen molar-refractivity contribution in [3.63, 3.8) is 0 Å². The van der Waals surface area contributed by atoms with Crippen LogP contribution >= 0.6 is 0 Å². The van der Waals surface area contributed by atoms with E-state index in [1.807, 2.05) is 13.0 Å². The highest BCUT2D eigenvalue weighted by molar-refractivity contribution is 7.92. The molecule has 6 heteroatoms. The third-order valence-electron chi connectivity index (χ3n) is 2.52. The fourth-order valence-electron chi connectivity index (χ4n) is 1.47. The Bertz CT molecular complexity index is 714. The van der Waals surface area contributed by atoms with E-state index in [0.29, 0.717) is 5.56 Å². The van der Waals surface area contributed by atoms with Gasteiger partial charge in [-0.1, -0.05) is 27.2 Å². The summed E-state index contributed by atoms with van der Waals surface area (Å²) in [5.74, 6) is 0. The van der Waals surface area contributed by atoms with Crippen molar-refractivity contribution < 1.29 is 13.1 Å². The van der Waals surface area contributed by atoms with Gasteiger partial charge in [-0.05, 0) is 19.1 Å². The second kappa shape index (κ2) is 5.08. The van der Waals surface area contributed by atoms with Gasteiger partial charge in [-0.3, -0.25) is 0 Å². The molecule has 0 saturated heterocycles. The topological polar surface area (TPSA) is 73.8 Å². The molecule has 0 saturated carbocycles. The third-order valence-corrected chi connectivity index (χ3v) is 3.86. The van der Waals surface area contributed by atoms with E-state index in [1.54, 1.807) is 24.3 Å². The first-order chi connectivity index (χ1) is 9.01. The standard InChI is InChI=1S/C13H12N3O2S/c1-11-2-4-13(5-3-11)19(17,18)15-16-8-6-12(10-14)7-9-16/h2-9,15H,1H3/q+1. The Morgan fingerprint density at radius 1 is 1.11 bits per heavy atom. The van der Waals surface area contributed by atoms with Gasteiger partial charge in [-0.15, -0.1) is 0 Å². The van der Waals surface area contributed by atoms with Crippen molar-refractivity contribution in [2.75, 3.05) is 4.83 Å². The normalized spacial score (nSPS) is 10.7. The molecule has 0 aliphatic rings. The van der Waals surface area contributed by atoms with Gasteiger partial charge in [0, 0.05) is 12.1 Å². The number of aromatic nitrogens is 1. The number of nitrogens with one attached hydrogen (secondary N) is 1. The van der Waals surface area contributed by atoms with Crippen LogP contribution in [0.15, 0.2) is 53.7 Å². The van der Waals surface area contributed by atoms with E-state index in [1.165, 1.54) is 29.2 Å². The minimum absolute atomic E-state index is 0.190. The van der Waals surface area contributed by atoms with Gasteiger partial charge in [0.15, 0.2) is 0 Å². The molecule has 0 bridgehead atoms. The minimum atomic E-state index is -3.62. The Morgan fingerprint density at radius 2 is 1.68 bits per heavy atom. The molecule has 5 nitrogen and oxygen atoms in total. The lowest BCUT2D eigenvalue weighted by atomic mass is 10.2. The van der Waals surface area contributed by atoms with Crippen LogP contribution in [0.1, 0.15) is 11.1 Å². The molecule has 0 fully saturated rings. The smallest absolute Gasteiger partial charge is 0.197 e. The maximum atomic E-state index is 12.1. The SMILES string of the molecule is Cc1ccc(S(=O)(=O)N[n+]2ccc(C#N)cc2)cc1. The Kier molecular flexibility index (Phi) is 3.49. The fraction of sp³-hybridized carbons (Fsp3) is 0.0769. The molecule has 96 valence electrons. The number of pyridine rings is 1. The maximum Gasteiger partial charge on any atom is 0.306 e. The lowest BCUT2D eigenvalue weighted by Gasteiger charge is -2.03. The van der Waals surface area contributed by atoms with Gasteiger partial charge < -0.3 is 0 Å². The van der Waals surface area contributed by atoms with E-state index in [4.69, 9.17) is 5.26 Å². The van der Waals surface area contributed by atoms with Crippen LogP contribution in [-0.2, 0) is 10.0 Å². The number of nitrogens with zero attached hydrogens (tertiary/aromatic N) is 2. The van der Waals surface area contributed by atoms with Gasteiger partial charge >= 0.3 is 10.0 Å². The van der Waals surface area contributed by atoms with Gasteiger partial charge in [0.2, 0.25) is 12.4 Å². The van der Waals surface area contributed by atoms with Crippen molar-refractivity contribution >= 4 is 10.0 Å². The van der Waals surface area contributed by atoms with Crippen LogP contribution in [0.25, 0.3) is 0 Å². The zero-order valence-electron chi connectivity index (χ0n) is 10.2. The second-order valence-corrected chi connectivity index (χ2v) is 5.67. The van der Waals surface area contributed by atoms with Gasteiger partial charge in [0.1, 0.15) is 0 Å². The minimum Gasteiger partial charge on any atom is -0.197 e. The number of aryl methyl sites for hydroxylation is 1. The van der Waals surface area contributed by atoms with E-state index < -0.39 is 10.0 Å². The monoisotopic (exact) mass is 274 g/mol. The Labute approximate surface area is 111 Å². The molecule has 1 aromatic carbocycles. The lowest BCUT2D eigenvalue weighted by Crippen LogP contribution is -2.47. The van der Waals surface area contributed by atoms with Crippen molar-refractivity contribution in [3.05, 3.63) is 59.9 Å². The first kappa shape index (κ1) is 13.1. The Balaban J connectivity index is 2.26. The van der Waals surface area contributed by atoms with Crippen molar-refractivity contribution in [2.45, 2.75) is 11.8 Å². The van der Waals surface area contributed by atoms with Crippen LogP contribution in [0.5, 0.6) is 0 Å². The number of hydrogen-bond acceptors (Lipinski definition) is 3. The molecule has 19 heavy (non-hydrogen) atoms. The lowest BCUT2D eigenvalue weighted by molar-refractivity contribution is -0.636. The van der Waals surface area contributed by atoms with Crippen LogP contribution in [0, 0.1) is 18.3 Å². The van der Waals surface area contributed by atoms with E-state index in [-0.39, 0.29) is 4.90 Å². The molecule has 0 aliphatic heterocycles. The van der Waals surface area contributed by atoms with Crippen molar-refractivity contribution in [2.24, 2.45) is 0 Å². The fourth-order valence-corrected chi connectivity index (χ4v) is 2.47. The number of benzene rings is 1. The van der Waals surface area contributed by atoms with Crippen LogP contribution in [0.3, 0.4) is 0 Å². The zero-order chi connectivity index (χ0) is 13.9. The molecule has 1 aromatic heterocycles. The third kappa shape index (κ3) is 3.09. The van der Waals surface area contributed by atoms with Gasteiger partial charge in [-0.25, -0.2) is 0 Å². The summed E-state index contributed by atoms with van der Waals surface area (Å²) in [7, 11) is -3.62. The molecular formula is C13H12N3O2S+. The Morgan fingerprint density at radius 3 is 2.21 bits per heavy atom. The molecule has 0 aliphatic carbocycles. The number of rotatable bonds is 3. The number of hydrogen-bond donors (Lipinski definition) is 1. The highest BCUT2D eigenvalue weighted by Gasteiger charge is 2.17. The molecule has 0 radical (unpaired) electrons. The second-order valence-electron chi connectivity index (χ2n) is 4.01. The molecule has 0 amide bonds. The largest absolute Gasteiger partial charge is 0.306 e. The van der Waals surface area contributed by atoms with Crippen molar-refractivity contribution in [1.29, 1.82) is 5.26 Å². The first-order valence-corrected chi connectivity index (χ1v) is 7.00. The average molecular weight is 274 g/mol. The average Bonchev–Trinajstić information content (AvgIpc) is 2.40. The van der Waals surface area contributed by atoms with Crippen LogP contribution in [0.2, 0.25) is 0 Å². The molecule has 2 aromatic rings.